The van der Waals surface area contributed by atoms with Crippen molar-refractivity contribution in [1.82, 2.24) is 15.5 Å². The second-order valence-corrected chi connectivity index (χ2v) is 5.58. The fourth-order valence-corrected chi connectivity index (χ4v) is 2.82. The van der Waals surface area contributed by atoms with Gasteiger partial charge in [-0.15, -0.1) is 0 Å². The maximum absolute atomic E-state index is 12.2. The van der Waals surface area contributed by atoms with Crippen LogP contribution in [0.3, 0.4) is 0 Å². The molecule has 1 saturated carbocycles. The van der Waals surface area contributed by atoms with Crippen molar-refractivity contribution in [3.05, 3.63) is 17.0 Å². The minimum Gasteiger partial charge on any atom is -0.380 e. The van der Waals surface area contributed by atoms with Crippen molar-refractivity contribution in [3.63, 3.8) is 0 Å². The van der Waals surface area contributed by atoms with Gasteiger partial charge in [0.15, 0.2) is 0 Å². The number of nitrogens with two attached hydrogens (primary N) is 1. The lowest BCUT2D eigenvalue weighted by molar-refractivity contribution is -0.128. The van der Waals surface area contributed by atoms with E-state index in [2.05, 4.69) is 15.5 Å². The van der Waals surface area contributed by atoms with E-state index < -0.39 is 0 Å². The predicted molar refractivity (Wildman–Crippen MR) is 76.0 cm³/mol. The third-order valence-electron chi connectivity index (χ3n) is 4.24. The van der Waals surface area contributed by atoms with Crippen molar-refractivity contribution in [2.24, 2.45) is 11.7 Å². The van der Waals surface area contributed by atoms with E-state index in [9.17, 15) is 4.79 Å². The molecule has 6 heteroatoms. The second-order valence-electron chi connectivity index (χ2n) is 5.58. The third kappa shape index (κ3) is 3.19. The smallest absolute Gasteiger partial charge is 0.223 e. The van der Waals surface area contributed by atoms with Gasteiger partial charge in [-0.1, -0.05) is 0 Å². The molecule has 0 aromatic carbocycles. The minimum absolute atomic E-state index is 0.00716. The minimum atomic E-state index is -0.0168. The molecule has 1 heterocycles. The number of methoxy groups -OCH3 is 1. The van der Waals surface area contributed by atoms with Crippen LogP contribution in [-0.2, 0) is 16.1 Å². The summed E-state index contributed by atoms with van der Waals surface area (Å²) in [6.07, 6.45) is 2.35. The van der Waals surface area contributed by atoms with Crippen molar-refractivity contribution in [2.45, 2.75) is 51.8 Å². The number of carbonyl (C=O) groups is 1. The van der Waals surface area contributed by atoms with Crippen LogP contribution in [0.15, 0.2) is 0 Å². The first-order valence-corrected chi connectivity index (χ1v) is 7.09. The largest absolute Gasteiger partial charge is 0.380 e. The van der Waals surface area contributed by atoms with Gasteiger partial charge in [-0.2, -0.15) is 5.10 Å². The number of aromatic amines is 1. The number of carbonyl (C=O) groups excluding carboxylic acids is 1. The van der Waals surface area contributed by atoms with E-state index in [1.54, 1.807) is 7.11 Å². The Bertz CT molecular complexity index is 452. The van der Waals surface area contributed by atoms with Crippen molar-refractivity contribution < 1.29 is 9.53 Å². The zero-order chi connectivity index (χ0) is 14.7. The summed E-state index contributed by atoms with van der Waals surface area (Å²) in [6, 6.07) is 0.0439. The zero-order valence-corrected chi connectivity index (χ0v) is 12.4. The molecule has 0 unspecified atom stereocenters. The Kier molecular flexibility index (Phi) is 4.77. The predicted octanol–water partition coefficient (Wildman–Crippen LogP) is 0.785. The van der Waals surface area contributed by atoms with Crippen molar-refractivity contribution in [2.75, 3.05) is 7.11 Å². The average molecular weight is 280 g/mol. The third-order valence-corrected chi connectivity index (χ3v) is 4.24. The van der Waals surface area contributed by atoms with E-state index in [1.165, 1.54) is 0 Å². The second kappa shape index (κ2) is 6.37. The van der Waals surface area contributed by atoms with Gasteiger partial charge in [-0.3, -0.25) is 9.89 Å². The molecule has 1 aromatic rings. The lowest BCUT2D eigenvalue weighted by Crippen LogP contribution is -2.45. The molecule has 1 aromatic heterocycles. The Labute approximate surface area is 119 Å². The molecule has 0 aliphatic heterocycles. The first-order chi connectivity index (χ1) is 9.52. The summed E-state index contributed by atoms with van der Waals surface area (Å²) in [7, 11) is 1.66. The van der Waals surface area contributed by atoms with Crippen LogP contribution in [-0.4, -0.2) is 35.4 Å². The summed E-state index contributed by atoms with van der Waals surface area (Å²) in [6.45, 7) is 4.42. The highest BCUT2D eigenvalue weighted by Crippen LogP contribution is 2.25. The molecule has 0 spiro atoms. The highest BCUT2D eigenvalue weighted by Gasteiger charge is 2.32. The Morgan fingerprint density at radius 2 is 2.25 bits per heavy atom. The lowest BCUT2D eigenvalue weighted by atomic mass is 9.83. The number of nitrogens with one attached hydrogen (secondary N) is 2. The highest BCUT2D eigenvalue weighted by atomic mass is 16.5. The molecule has 0 bridgehead atoms. The number of aromatic nitrogens is 2. The molecule has 1 amide bonds. The number of aryl methyl sites for hydroxylation is 2. The summed E-state index contributed by atoms with van der Waals surface area (Å²) in [4.78, 5) is 12.2. The first kappa shape index (κ1) is 15.0. The number of rotatable bonds is 4. The van der Waals surface area contributed by atoms with Crippen molar-refractivity contribution in [3.8, 4) is 0 Å². The molecule has 3 atom stereocenters. The number of ether oxygens (including phenoxy) is 1. The van der Waals surface area contributed by atoms with Gasteiger partial charge in [-0.25, -0.2) is 0 Å². The molecule has 1 fully saturated rings. The Hall–Kier alpha value is -1.40. The number of H-pyrrole nitrogens is 1. The van der Waals surface area contributed by atoms with Crippen LogP contribution in [0.2, 0.25) is 0 Å². The normalized spacial score (nSPS) is 26.5. The molecule has 1 aliphatic carbocycles. The molecule has 0 radical (unpaired) electrons. The zero-order valence-electron chi connectivity index (χ0n) is 12.4. The molecule has 112 valence electrons. The van der Waals surface area contributed by atoms with Crippen LogP contribution in [0, 0.1) is 19.8 Å². The van der Waals surface area contributed by atoms with Gasteiger partial charge in [0.2, 0.25) is 5.91 Å². The SMILES string of the molecule is CO[C@H]1C[C@@H](C(=O)NCc2c(C)n[nH]c2C)CC[C@@H]1N. The summed E-state index contributed by atoms with van der Waals surface area (Å²) in [5.41, 5.74) is 8.97. The van der Waals surface area contributed by atoms with Gasteiger partial charge in [0.05, 0.1) is 11.8 Å². The number of nitrogens with zero attached hydrogens (tertiary/aromatic N) is 1. The monoisotopic (exact) mass is 280 g/mol. The van der Waals surface area contributed by atoms with Crippen molar-refractivity contribution >= 4 is 5.91 Å². The van der Waals surface area contributed by atoms with Crippen molar-refractivity contribution in [1.29, 1.82) is 0 Å². The molecule has 6 nitrogen and oxygen atoms in total. The lowest BCUT2D eigenvalue weighted by Gasteiger charge is -2.32. The van der Waals surface area contributed by atoms with Gasteiger partial charge in [-0.05, 0) is 33.1 Å². The fourth-order valence-electron chi connectivity index (χ4n) is 2.82. The molecule has 4 N–H and O–H groups in total. The van der Waals surface area contributed by atoms with E-state index in [-0.39, 0.29) is 24.0 Å². The molecule has 1 aliphatic rings. The van der Waals surface area contributed by atoms with Crippen LogP contribution >= 0.6 is 0 Å². The fraction of sp³-hybridized carbons (Fsp3) is 0.714. The van der Waals surface area contributed by atoms with E-state index in [4.69, 9.17) is 10.5 Å². The number of hydrogen-bond acceptors (Lipinski definition) is 4. The molecule has 0 saturated heterocycles. The van der Waals surface area contributed by atoms with E-state index >= 15 is 0 Å². The maximum Gasteiger partial charge on any atom is 0.223 e. The quantitative estimate of drug-likeness (QED) is 0.760. The van der Waals surface area contributed by atoms with Gasteiger partial charge in [0.1, 0.15) is 0 Å². The standard InChI is InChI=1S/C14H24N4O2/c1-8-11(9(2)18-17-8)7-16-14(19)10-4-5-12(15)13(6-10)20-3/h10,12-13H,4-7,15H2,1-3H3,(H,16,19)(H,17,18)/t10-,12-,13-/m0/s1. The van der Waals surface area contributed by atoms with Crippen LogP contribution < -0.4 is 11.1 Å². The Morgan fingerprint density at radius 3 is 2.85 bits per heavy atom. The van der Waals surface area contributed by atoms with E-state index in [1.807, 2.05) is 13.8 Å². The van der Waals surface area contributed by atoms with Gasteiger partial charge in [0.25, 0.3) is 0 Å². The first-order valence-electron chi connectivity index (χ1n) is 7.09. The van der Waals surface area contributed by atoms with Crippen LogP contribution in [0.5, 0.6) is 0 Å². The van der Waals surface area contributed by atoms with E-state index in [0.717, 1.165) is 29.8 Å². The van der Waals surface area contributed by atoms with Gasteiger partial charge >= 0.3 is 0 Å². The Morgan fingerprint density at radius 1 is 1.50 bits per heavy atom. The molecule has 20 heavy (non-hydrogen) atoms. The topological polar surface area (TPSA) is 93.0 Å². The van der Waals surface area contributed by atoms with E-state index in [0.29, 0.717) is 13.0 Å². The summed E-state index contributed by atoms with van der Waals surface area (Å²) < 4.78 is 5.35. The molecule has 2 rings (SSSR count). The van der Waals surface area contributed by atoms with Gasteiger partial charge in [0, 0.05) is 36.9 Å². The molecular formula is C14H24N4O2. The average Bonchev–Trinajstić information content (AvgIpc) is 2.76. The van der Waals surface area contributed by atoms with Crippen LogP contribution in [0.1, 0.15) is 36.2 Å². The highest BCUT2D eigenvalue weighted by molar-refractivity contribution is 5.78. The summed E-state index contributed by atoms with van der Waals surface area (Å²) in [5, 5.41) is 10.1. The number of amides is 1. The van der Waals surface area contributed by atoms with Crippen LogP contribution in [0.25, 0.3) is 0 Å². The Balaban J connectivity index is 1.89. The summed E-state index contributed by atoms with van der Waals surface area (Å²) in [5.74, 6) is 0.0752. The molecular weight excluding hydrogens is 256 g/mol. The summed E-state index contributed by atoms with van der Waals surface area (Å²) >= 11 is 0. The van der Waals surface area contributed by atoms with Gasteiger partial charge < -0.3 is 15.8 Å². The maximum atomic E-state index is 12.2. The number of hydrogen-bond donors (Lipinski definition) is 3. The van der Waals surface area contributed by atoms with Crippen LogP contribution in [0.4, 0.5) is 0 Å².